The van der Waals surface area contributed by atoms with E-state index in [2.05, 4.69) is 30.6 Å². The molecule has 0 bridgehead atoms. The van der Waals surface area contributed by atoms with Gasteiger partial charge in [0.15, 0.2) is 0 Å². The Morgan fingerprint density at radius 3 is 2.88 bits per heavy atom. The number of allylic oxidation sites excluding steroid dienone is 1. The molecule has 0 spiro atoms. The second kappa shape index (κ2) is 2.18. The van der Waals surface area contributed by atoms with Gasteiger partial charge in [-0.3, -0.25) is 5.32 Å². The van der Waals surface area contributed by atoms with Gasteiger partial charge in [-0.1, -0.05) is 6.08 Å². The zero-order valence-electron chi connectivity index (χ0n) is 5.36. The molecule has 0 saturated carbocycles. The molecule has 1 unspecified atom stereocenters. The maximum atomic E-state index is 3.23. The van der Waals surface area contributed by atoms with E-state index in [4.69, 9.17) is 0 Å². The van der Waals surface area contributed by atoms with E-state index >= 15 is 0 Å². The minimum absolute atomic E-state index is 0.444. The van der Waals surface area contributed by atoms with Gasteiger partial charge in [-0.05, 0) is 13.8 Å². The summed E-state index contributed by atoms with van der Waals surface area (Å²) in [5, 5.41) is 6.45. The lowest BCUT2D eigenvalue weighted by Crippen LogP contribution is -2.42. The van der Waals surface area contributed by atoms with E-state index in [9.17, 15) is 0 Å². The van der Waals surface area contributed by atoms with Crippen molar-refractivity contribution in [2.24, 2.45) is 0 Å². The van der Waals surface area contributed by atoms with E-state index in [1.165, 1.54) is 5.70 Å². The Hall–Kier alpha value is -0.500. The Morgan fingerprint density at radius 1 is 1.75 bits per heavy atom. The molecule has 1 rings (SSSR count). The van der Waals surface area contributed by atoms with Gasteiger partial charge in [-0.2, -0.15) is 0 Å². The molecular weight excluding hydrogens is 100 g/mol. The van der Waals surface area contributed by atoms with Gasteiger partial charge < -0.3 is 5.32 Å². The van der Waals surface area contributed by atoms with Gasteiger partial charge in [-0.15, -0.1) is 0 Å². The molecule has 0 amide bonds. The summed E-state index contributed by atoms with van der Waals surface area (Å²) in [5.41, 5.74) is 1.27. The van der Waals surface area contributed by atoms with Crippen molar-refractivity contribution in [3.05, 3.63) is 11.8 Å². The van der Waals surface area contributed by atoms with Crippen LogP contribution in [0.15, 0.2) is 11.8 Å². The van der Waals surface area contributed by atoms with Crippen molar-refractivity contribution in [2.45, 2.75) is 20.0 Å². The van der Waals surface area contributed by atoms with Crippen LogP contribution in [0.4, 0.5) is 0 Å². The first-order chi connectivity index (χ1) is 3.79. The molecule has 1 atom stereocenters. The van der Waals surface area contributed by atoms with Crippen LogP contribution in [0, 0.1) is 0 Å². The topological polar surface area (TPSA) is 24.1 Å². The molecule has 1 aliphatic heterocycles. The Kier molecular flexibility index (Phi) is 1.53. The molecule has 0 saturated heterocycles. The highest BCUT2D eigenvalue weighted by Crippen LogP contribution is 1.92. The Morgan fingerprint density at radius 2 is 2.50 bits per heavy atom. The van der Waals surface area contributed by atoms with Gasteiger partial charge in [0.1, 0.15) is 0 Å². The zero-order valence-corrected chi connectivity index (χ0v) is 5.36. The number of hydrogen-bond donors (Lipinski definition) is 2. The number of nitrogens with one attached hydrogen (secondary N) is 2. The molecule has 1 heterocycles. The number of hydrogen-bond acceptors (Lipinski definition) is 2. The standard InChI is InChI=1S/C6H12N2/c1-5-3-4-7-6(2)8-5/h3,6-8H,4H2,1-2H3. The monoisotopic (exact) mass is 112 g/mol. The summed E-state index contributed by atoms with van der Waals surface area (Å²) in [6, 6.07) is 0. The molecule has 0 fully saturated rings. The lowest BCUT2D eigenvalue weighted by atomic mass is 10.3. The van der Waals surface area contributed by atoms with Crippen LogP contribution in [0.3, 0.4) is 0 Å². The fourth-order valence-corrected chi connectivity index (χ4v) is 0.840. The molecule has 2 N–H and O–H groups in total. The van der Waals surface area contributed by atoms with E-state index < -0.39 is 0 Å². The van der Waals surface area contributed by atoms with Gasteiger partial charge in [0.05, 0.1) is 6.17 Å². The Labute approximate surface area is 50.0 Å². The van der Waals surface area contributed by atoms with Crippen LogP contribution >= 0.6 is 0 Å². The summed E-state index contributed by atoms with van der Waals surface area (Å²) >= 11 is 0. The normalized spacial score (nSPS) is 28.8. The molecule has 1 aliphatic rings. The SMILES string of the molecule is CC1=CCNC(C)N1. The number of rotatable bonds is 0. The van der Waals surface area contributed by atoms with Crippen LogP contribution in [-0.4, -0.2) is 12.7 Å². The highest BCUT2D eigenvalue weighted by atomic mass is 15.1. The molecule has 0 radical (unpaired) electrons. The van der Waals surface area contributed by atoms with Crippen molar-refractivity contribution in [3.63, 3.8) is 0 Å². The molecule has 2 heteroatoms. The fraction of sp³-hybridized carbons (Fsp3) is 0.667. The lowest BCUT2D eigenvalue weighted by Gasteiger charge is -2.20. The third kappa shape index (κ3) is 1.23. The van der Waals surface area contributed by atoms with Crippen LogP contribution in [0.1, 0.15) is 13.8 Å². The average Bonchev–Trinajstić information content (AvgIpc) is 1.64. The van der Waals surface area contributed by atoms with Crippen molar-refractivity contribution < 1.29 is 0 Å². The van der Waals surface area contributed by atoms with Crippen molar-refractivity contribution >= 4 is 0 Å². The first-order valence-electron chi connectivity index (χ1n) is 2.96. The van der Waals surface area contributed by atoms with Crippen molar-refractivity contribution in [2.75, 3.05) is 6.54 Å². The van der Waals surface area contributed by atoms with E-state index in [1.807, 2.05) is 0 Å². The van der Waals surface area contributed by atoms with Gasteiger partial charge in [0.25, 0.3) is 0 Å². The van der Waals surface area contributed by atoms with Gasteiger partial charge >= 0.3 is 0 Å². The predicted octanol–water partition coefficient (Wildman–Crippen LogP) is 0.429. The molecule has 0 aromatic heterocycles. The molecule has 8 heavy (non-hydrogen) atoms. The average molecular weight is 112 g/mol. The van der Waals surface area contributed by atoms with E-state index in [0.29, 0.717) is 6.17 Å². The van der Waals surface area contributed by atoms with Crippen molar-refractivity contribution in [1.82, 2.24) is 10.6 Å². The summed E-state index contributed by atoms with van der Waals surface area (Å²) < 4.78 is 0. The van der Waals surface area contributed by atoms with Crippen LogP contribution in [-0.2, 0) is 0 Å². The summed E-state index contributed by atoms with van der Waals surface area (Å²) in [6.07, 6.45) is 2.58. The van der Waals surface area contributed by atoms with Crippen molar-refractivity contribution in [3.8, 4) is 0 Å². The second-order valence-corrected chi connectivity index (χ2v) is 2.16. The van der Waals surface area contributed by atoms with Crippen LogP contribution in [0.5, 0.6) is 0 Å². The highest BCUT2D eigenvalue weighted by molar-refractivity contribution is 5.01. The Balaban J connectivity index is 2.45. The molecule has 0 aliphatic carbocycles. The van der Waals surface area contributed by atoms with Gasteiger partial charge in [0.2, 0.25) is 0 Å². The second-order valence-electron chi connectivity index (χ2n) is 2.16. The van der Waals surface area contributed by atoms with E-state index in [1.54, 1.807) is 0 Å². The third-order valence-corrected chi connectivity index (χ3v) is 1.28. The minimum Gasteiger partial charge on any atom is -0.374 e. The fourth-order valence-electron chi connectivity index (χ4n) is 0.840. The molecule has 0 aromatic rings. The van der Waals surface area contributed by atoms with Crippen molar-refractivity contribution in [1.29, 1.82) is 0 Å². The molecule has 0 aromatic carbocycles. The summed E-state index contributed by atoms with van der Waals surface area (Å²) in [7, 11) is 0. The van der Waals surface area contributed by atoms with Crippen LogP contribution < -0.4 is 10.6 Å². The van der Waals surface area contributed by atoms with Crippen LogP contribution in [0.2, 0.25) is 0 Å². The minimum atomic E-state index is 0.444. The maximum Gasteiger partial charge on any atom is 0.0738 e. The summed E-state index contributed by atoms with van der Waals surface area (Å²) in [4.78, 5) is 0. The molecule has 2 nitrogen and oxygen atoms in total. The maximum absolute atomic E-state index is 3.23. The first kappa shape index (κ1) is 5.63. The largest absolute Gasteiger partial charge is 0.374 e. The highest BCUT2D eigenvalue weighted by Gasteiger charge is 2.02. The lowest BCUT2D eigenvalue weighted by molar-refractivity contribution is 0.494. The Bertz CT molecular complexity index is 107. The smallest absolute Gasteiger partial charge is 0.0738 e. The first-order valence-corrected chi connectivity index (χ1v) is 2.96. The molecule has 46 valence electrons. The zero-order chi connectivity index (χ0) is 5.98. The van der Waals surface area contributed by atoms with Gasteiger partial charge in [0, 0.05) is 12.2 Å². The third-order valence-electron chi connectivity index (χ3n) is 1.28. The predicted molar refractivity (Wildman–Crippen MR) is 34.4 cm³/mol. The quantitative estimate of drug-likeness (QED) is 0.475. The summed E-state index contributed by atoms with van der Waals surface area (Å²) in [5.74, 6) is 0. The van der Waals surface area contributed by atoms with Crippen LogP contribution in [0.25, 0.3) is 0 Å². The van der Waals surface area contributed by atoms with E-state index in [-0.39, 0.29) is 0 Å². The van der Waals surface area contributed by atoms with E-state index in [0.717, 1.165) is 6.54 Å². The molecular formula is C6H12N2. The summed E-state index contributed by atoms with van der Waals surface area (Å²) in [6.45, 7) is 5.19. The van der Waals surface area contributed by atoms with Gasteiger partial charge in [-0.25, -0.2) is 0 Å².